The minimum Gasteiger partial charge on any atom is -0.341 e. The molecule has 0 radical (unpaired) electrons. The Morgan fingerprint density at radius 2 is 1.52 bits per heavy atom. The van der Waals surface area contributed by atoms with Crippen LogP contribution in [0, 0.1) is 0 Å². The second kappa shape index (κ2) is 8.51. The van der Waals surface area contributed by atoms with Gasteiger partial charge in [0.2, 0.25) is 5.91 Å². The lowest BCUT2D eigenvalue weighted by molar-refractivity contribution is -0.131. The number of hydrogen-bond acceptors (Lipinski definition) is 4. The molecule has 1 saturated heterocycles. The molecule has 1 aromatic heterocycles. The van der Waals surface area contributed by atoms with Crippen LogP contribution >= 0.6 is 11.3 Å². The lowest BCUT2D eigenvalue weighted by Gasteiger charge is -2.26. The third kappa shape index (κ3) is 4.28. The molecule has 4 nitrogen and oxygen atoms in total. The molecule has 1 aliphatic rings. The van der Waals surface area contributed by atoms with E-state index in [-0.39, 0.29) is 18.2 Å². The fourth-order valence-corrected chi connectivity index (χ4v) is 6.91. The fraction of sp³-hybridized carbons (Fsp3) is 0.261. The van der Waals surface area contributed by atoms with E-state index in [2.05, 4.69) is 0 Å². The number of nitrogens with zero attached hydrogens (tertiary/aromatic N) is 1. The summed E-state index contributed by atoms with van der Waals surface area (Å²) in [6.45, 7) is 0.677. The number of hydrogen-bond donors (Lipinski definition) is 0. The van der Waals surface area contributed by atoms with E-state index < -0.39 is 21.0 Å². The summed E-state index contributed by atoms with van der Waals surface area (Å²) in [5.74, 6) is -0.472. The molecule has 1 amide bonds. The first-order valence-electron chi connectivity index (χ1n) is 9.70. The smallest absolute Gasteiger partial charge is 0.234 e. The van der Waals surface area contributed by atoms with Crippen LogP contribution in [-0.4, -0.2) is 38.1 Å². The van der Waals surface area contributed by atoms with Gasteiger partial charge < -0.3 is 4.90 Å². The highest BCUT2D eigenvalue weighted by molar-refractivity contribution is 7.91. The Kier molecular flexibility index (Phi) is 5.83. The van der Waals surface area contributed by atoms with Crippen molar-refractivity contribution in [3.63, 3.8) is 0 Å². The molecule has 2 heterocycles. The molecule has 1 unspecified atom stereocenters. The van der Waals surface area contributed by atoms with Crippen molar-refractivity contribution in [1.82, 2.24) is 4.90 Å². The lowest BCUT2D eigenvalue weighted by Crippen LogP contribution is -2.37. The van der Waals surface area contributed by atoms with Crippen LogP contribution in [0.1, 0.15) is 33.6 Å². The second-order valence-corrected chi connectivity index (χ2v) is 10.5. The molecular formula is C23H23NO3S2. The van der Waals surface area contributed by atoms with Gasteiger partial charge in [0, 0.05) is 18.0 Å². The molecule has 0 spiro atoms. The van der Waals surface area contributed by atoms with Gasteiger partial charge in [-0.25, -0.2) is 8.42 Å². The van der Waals surface area contributed by atoms with Gasteiger partial charge in [-0.1, -0.05) is 66.7 Å². The summed E-state index contributed by atoms with van der Waals surface area (Å²) in [6, 6.07) is 23.2. The predicted molar refractivity (Wildman–Crippen MR) is 117 cm³/mol. The van der Waals surface area contributed by atoms with Crippen LogP contribution in [0.3, 0.4) is 0 Å². The van der Waals surface area contributed by atoms with Gasteiger partial charge in [0.25, 0.3) is 0 Å². The maximum Gasteiger partial charge on any atom is 0.234 e. The third-order valence-corrected chi connectivity index (χ3v) is 8.67. The van der Waals surface area contributed by atoms with E-state index in [4.69, 9.17) is 0 Å². The van der Waals surface area contributed by atoms with Crippen molar-refractivity contribution in [2.75, 3.05) is 18.8 Å². The maximum atomic E-state index is 13.6. The lowest BCUT2D eigenvalue weighted by atomic mass is 9.90. The molecule has 0 N–H and O–H groups in total. The van der Waals surface area contributed by atoms with E-state index in [0.717, 1.165) is 16.0 Å². The quantitative estimate of drug-likeness (QED) is 0.627. The normalized spacial score (nSPS) is 19.1. The first-order valence-corrected chi connectivity index (χ1v) is 12.3. The zero-order valence-corrected chi connectivity index (χ0v) is 17.6. The van der Waals surface area contributed by atoms with Gasteiger partial charge in [0.1, 0.15) is 0 Å². The molecule has 29 heavy (non-hydrogen) atoms. The minimum absolute atomic E-state index is 0.00237. The average molecular weight is 426 g/mol. The number of amides is 1. The van der Waals surface area contributed by atoms with Crippen molar-refractivity contribution in [3.05, 3.63) is 94.2 Å². The fourth-order valence-electron chi connectivity index (χ4n) is 3.91. The topological polar surface area (TPSA) is 54.5 Å². The maximum absolute atomic E-state index is 13.6. The molecule has 6 heteroatoms. The Bertz CT molecular complexity index is 1010. The van der Waals surface area contributed by atoms with Crippen LogP contribution in [0.5, 0.6) is 0 Å². The van der Waals surface area contributed by atoms with Gasteiger partial charge in [0.05, 0.1) is 16.9 Å². The zero-order valence-electron chi connectivity index (χ0n) is 16.0. The van der Waals surface area contributed by atoms with Crippen LogP contribution in [0.15, 0.2) is 78.2 Å². The van der Waals surface area contributed by atoms with Crippen LogP contribution in [0.4, 0.5) is 0 Å². The number of rotatable bonds is 4. The van der Waals surface area contributed by atoms with Crippen molar-refractivity contribution < 1.29 is 13.2 Å². The van der Waals surface area contributed by atoms with Crippen LogP contribution in [0.2, 0.25) is 0 Å². The molecular weight excluding hydrogens is 402 g/mol. The molecule has 1 fully saturated rings. The van der Waals surface area contributed by atoms with E-state index in [9.17, 15) is 13.2 Å². The van der Waals surface area contributed by atoms with Gasteiger partial charge in [-0.05, 0) is 29.0 Å². The zero-order chi connectivity index (χ0) is 20.3. The van der Waals surface area contributed by atoms with Gasteiger partial charge in [-0.3, -0.25) is 4.79 Å². The largest absolute Gasteiger partial charge is 0.341 e. The molecule has 150 valence electrons. The molecule has 3 aromatic rings. The molecule has 0 aliphatic carbocycles. The summed E-state index contributed by atoms with van der Waals surface area (Å²) in [6.07, 6.45) is 0.435. The Balaban J connectivity index is 1.63. The van der Waals surface area contributed by atoms with Crippen LogP contribution in [0.25, 0.3) is 0 Å². The summed E-state index contributed by atoms with van der Waals surface area (Å²) in [4.78, 5) is 16.2. The SMILES string of the molecule is O=C(C(c1ccccc1)c1ccccc1)N1CCC(c2cccs2)S(=O)(=O)CC1. The van der Waals surface area contributed by atoms with Crippen molar-refractivity contribution in [1.29, 1.82) is 0 Å². The third-order valence-electron chi connectivity index (χ3n) is 5.43. The number of carbonyl (C=O) groups is 1. The summed E-state index contributed by atoms with van der Waals surface area (Å²) in [5.41, 5.74) is 1.84. The van der Waals surface area contributed by atoms with Gasteiger partial charge in [-0.2, -0.15) is 0 Å². The number of thiophene rings is 1. The van der Waals surface area contributed by atoms with Crippen LogP contribution in [-0.2, 0) is 14.6 Å². The highest BCUT2D eigenvalue weighted by Crippen LogP contribution is 2.34. The first-order chi connectivity index (χ1) is 14.1. The molecule has 4 rings (SSSR count). The van der Waals surface area contributed by atoms with Crippen molar-refractivity contribution in [2.24, 2.45) is 0 Å². The minimum atomic E-state index is -3.29. The van der Waals surface area contributed by atoms with Gasteiger partial charge in [-0.15, -0.1) is 11.3 Å². The van der Waals surface area contributed by atoms with Crippen molar-refractivity contribution >= 4 is 27.1 Å². The van der Waals surface area contributed by atoms with Crippen molar-refractivity contribution in [2.45, 2.75) is 17.6 Å². The number of carbonyl (C=O) groups excluding carboxylic acids is 1. The van der Waals surface area contributed by atoms with E-state index in [0.29, 0.717) is 13.0 Å². The first kappa shape index (κ1) is 19.9. The van der Waals surface area contributed by atoms with Gasteiger partial charge in [0.15, 0.2) is 9.84 Å². The predicted octanol–water partition coefficient (Wildman–Crippen LogP) is 4.27. The Labute approximate surface area is 175 Å². The average Bonchev–Trinajstić information content (AvgIpc) is 3.21. The summed E-state index contributed by atoms with van der Waals surface area (Å²) in [5, 5.41) is 1.38. The molecule has 2 aromatic carbocycles. The van der Waals surface area contributed by atoms with Crippen LogP contribution < -0.4 is 0 Å². The number of sulfone groups is 1. The monoisotopic (exact) mass is 425 g/mol. The second-order valence-electron chi connectivity index (χ2n) is 7.24. The van der Waals surface area contributed by atoms with Gasteiger partial charge >= 0.3 is 0 Å². The molecule has 1 aliphatic heterocycles. The summed E-state index contributed by atoms with van der Waals surface area (Å²) >= 11 is 1.47. The van der Waals surface area contributed by atoms with E-state index in [1.807, 2.05) is 78.2 Å². The molecule has 0 bridgehead atoms. The highest BCUT2D eigenvalue weighted by Gasteiger charge is 2.35. The molecule has 1 atom stereocenters. The Hall–Kier alpha value is -2.44. The summed E-state index contributed by atoms with van der Waals surface area (Å²) in [7, 11) is -3.29. The molecule has 0 saturated carbocycles. The van der Waals surface area contributed by atoms with E-state index >= 15 is 0 Å². The standard InChI is InChI=1S/C23H23NO3S2/c25-23(22(18-8-3-1-4-9-18)19-10-5-2-6-11-19)24-14-13-21(20-12-7-16-28-20)29(26,27)17-15-24/h1-12,16,21-22H,13-15,17H2. The van der Waals surface area contributed by atoms with E-state index in [1.165, 1.54) is 11.3 Å². The van der Waals surface area contributed by atoms with Crippen molar-refractivity contribution in [3.8, 4) is 0 Å². The number of benzene rings is 2. The Morgan fingerprint density at radius 3 is 2.07 bits per heavy atom. The van der Waals surface area contributed by atoms with E-state index in [1.54, 1.807) is 4.90 Å². The highest BCUT2D eigenvalue weighted by atomic mass is 32.2. The Morgan fingerprint density at radius 1 is 0.897 bits per heavy atom. The summed E-state index contributed by atoms with van der Waals surface area (Å²) < 4.78 is 25.7.